The summed E-state index contributed by atoms with van der Waals surface area (Å²) in [6, 6.07) is 0.551. The fourth-order valence-corrected chi connectivity index (χ4v) is 2.11. The second kappa shape index (κ2) is 3.64. The molecule has 74 valence electrons. The second-order valence-electron chi connectivity index (χ2n) is 3.68. The molecule has 13 heavy (non-hydrogen) atoms. The lowest BCUT2D eigenvalue weighted by molar-refractivity contribution is -0.163. The molecule has 2 heterocycles. The van der Waals surface area contributed by atoms with Crippen LogP contribution in [0.5, 0.6) is 0 Å². The number of nitrogens with zero attached hydrogens (tertiary/aromatic N) is 1. The number of fused-ring (bicyclic) bond motifs is 1. The Balaban J connectivity index is 1.82. The maximum absolute atomic E-state index is 11.0. The van der Waals surface area contributed by atoms with Gasteiger partial charge in [0.05, 0.1) is 19.6 Å². The van der Waals surface area contributed by atoms with E-state index in [1.54, 1.807) is 0 Å². The second-order valence-corrected chi connectivity index (χ2v) is 3.68. The molecule has 0 bridgehead atoms. The highest BCUT2D eigenvalue weighted by Gasteiger charge is 2.37. The van der Waals surface area contributed by atoms with Gasteiger partial charge in [0.25, 0.3) is 0 Å². The Hall–Kier alpha value is -0.610. The van der Waals surface area contributed by atoms with Crippen LogP contribution in [0.3, 0.4) is 0 Å². The van der Waals surface area contributed by atoms with Crippen molar-refractivity contribution in [2.45, 2.75) is 37.8 Å². The van der Waals surface area contributed by atoms with E-state index < -0.39 is 0 Å². The first-order valence-corrected chi connectivity index (χ1v) is 4.80. The highest BCUT2D eigenvalue weighted by Crippen LogP contribution is 2.31. The van der Waals surface area contributed by atoms with Crippen molar-refractivity contribution in [1.82, 2.24) is 5.06 Å². The Morgan fingerprint density at radius 2 is 2.54 bits per heavy atom. The molecule has 0 aromatic carbocycles. The molecule has 0 aromatic rings. The van der Waals surface area contributed by atoms with Crippen molar-refractivity contribution in [2.75, 3.05) is 13.7 Å². The third kappa shape index (κ3) is 1.84. The summed E-state index contributed by atoms with van der Waals surface area (Å²) in [6.45, 7) is 1.02. The molecule has 2 atom stereocenters. The lowest BCUT2D eigenvalue weighted by atomic mass is 10.1. The minimum Gasteiger partial charge on any atom is -0.469 e. The van der Waals surface area contributed by atoms with Gasteiger partial charge in [0.15, 0.2) is 0 Å². The molecule has 0 spiro atoms. The predicted octanol–water partition coefficient (Wildman–Crippen LogP) is 0.718. The van der Waals surface area contributed by atoms with Crippen molar-refractivity contribution >= 4 is 5.97 Å². The van der Waals surface area contributed by atoms with Crippen LogP contribution >= 0.6 is 0 Å². The fraction of sp³-hybridized carbons (Fsp3) is 0.889. The summed E-state index contributed by atoms with van der Waals surface area (Å²) in [5.74, 6) is -0.175. The number of carbonyl (C=O) groups excluding carboxylic acids is 1. The van der Waals surface area contributed by atoms with E-state index in [1.165, 1.54) is 20.0 Å². The van der Waals surface area contributed by atoms with Crippen molar-refractivity contribution in [3.8, 4) is 0 Å². The van der Waals surface area contributed by atoms with Gasteiger partial charge in [-0.2, -0.15) is 5.06 Å². The zero-order valence-electron chi connectivity index (χ0n) is 7.86. The normalized spacial score (nSPS) is 33.3. The van der Waals surface area contributed by atoms with Gasteiger partial charge in [0, 0.05) is 12.6 Å². The van der Waals surface area contributed by atoms with E-state index in [4.69, 9.17) is 4.84 Å². The molecule has 0 N–H and O–H groups in total. The van der Waals surface area contributed by atoms with Crippen LogP contribution in [0.4, 0.5) is 0 Å². The third-order valence-electron chi connectivity index (χ3n) is 2.76. The summed E-state index contributed by atoms with van der Waals surface area (Å²) >= 11 is 0. The molecule has 4 heteroatoms. The molecular weight excluding hydrogens is 170 g/mol. The molecule has 2 aliphatic heterocycles. The number of hydrogen-bond donors (Lipinski definition) is 0. The molecule has 2 aliphatic rings. The van der Waals surface area contributed by atoms with Crippen LogP contribution in [0.15, 0.2) is 0 Å². The monoisotopic (exact) mass is 185 g/mol. The minimum absolute atomic E-state index is 0.0535. The Labute approximate surface area is 77.7 Å². The van der Waals surface area contributed by atoms with Gasteiger partial charge in [0.2, 0.25) is 0 Å². The standard InChI is InChI=1S/C9H15NO3/c1-12-9(11)6-8-5-7-3-2-4-10(7)13-8/h7-8H,2-6H2,1H3. The van der Waals surface area contributed by atoms with Crippen molar-refractivity contribution in [1.29, 1.82) is 0 Å². The van der Waals surface area contributed by atoms with E-state index >= 15 is 0 Å². The highest BCUT2D eigenvalue weighted by molar-refractivity contribution is 5.69. The molecule has 0 amide bonds. The SMILES string of the molecule is COC(=O)CC1CC2CCCN2O1. The molecule has 4 nitrogen and oxygen atoms in total. The smallest absolute Gasteiger partial charge is 0.308 e. The van der Waals surface area contributed by atoms with Gasteiger partial charge in [-0.3, -0.25) is 9.63 Å². The van der Waals surface area contributed by atoms with Crippen LogP contribution in [0.1, 0.15) is 25.7 Å². The van der Waals surface area contributed by atoms with Gasteiger partial charge in [-0.05, 0) is 19.3 Å². The number of esters is 1. The molecular formula is C9H15NO3. The quantitative estimate of drug-likeness (QED) is 0.594. The summed E-state index contributed by atoms with van der Waals surface area (Å²) in [6.07, 6.45) is 3.85. The van der Waals surface area contributed by atoms with Gasteiger partial charge in [-0.1, -0.05) is 0 Å². The largest absolute Gasteiger partial charge is 0.469 e. The molecule has 0 radical (unpaired) electrons. The van der Waals surface area contributed by atoms with Crippen molar-refractivity contribution in [3.05, 3.63) is 0 Å². The molecule has 2 unspecified atom stereocenters. The molecule has 2 rings (SSSR count). The van der Waals surface area contributed by atoms with Crippen LogP contribution < -0.4 is 0 Å². The van der Waals surface area contributed by atoms with E-state index in [9.17, 15) is 4.79 Å². The van der Waals surface area contributed by atoms with Gasteiger partial charge >= 0.3 is 5.97 Å². The van der Waals surface area contributed by atoms with Crippen LogP contribution in [-0.4, -0.2) is 36.8 Å². The van der Waals surface area contributed by atoms with Gasteiger partial charge < -0.3 is 4.74 Å². The number of rotatable bonds is 2. The first-order chi connectivity index (χ1) is 6.29. The first kappa shape index (κ1) is 8.97. The molecule has 2 saturated heterocycles. The van der Waals surface area contributed by atoms with E-state index in [-0.39, 0.29) is 12.1 Å². The number of hydroxylamine groups is 2. The van der Waals surface area contributed by atoms with Crippen LogP contribution in [0.2, 0.25) is 0 Å². The zero-order valence-corrected chi connectivity index (χ0v) is 7.86. The van der Waals surface area contributed by atoms with Crippen molar-refractivity contribution in [2.24, 2.45) is 0 Å². The Kier molecular flexibility index (Phi) is 2.51. The lowest BCUT2D eigenvalue weighted by Crippen LogP contribution is -2.21. The zero-order chi connectivity index (χ0) is 9.26. The average molecular weight is 185 g/mol. The van der Waals surface area contributed by atoms with Gasteiger partial charge in [-0.25, -0.2) is 0 Å². The Morgan fingerprint density at radius 1 is 1.69 bits per heavy atom. The summed E-state index contributed by atoms with van der Waals surface area (Å²) in [5.41, 5.74) is 0. The lowest BCUT2D eigenvalue weighted by Gasteiger charge is -2.13. The number of carbonyl (C=O) groups is 1. The maximum Gasteiger partial charge on any atom is 0.308 e. The van der Waals surface area contributed by atoms with E-state index in [0.29, 0.717) is 12.5 Å². The van der Waals surface area contributed by atoms with Gasteiger partial charge in [-0.15, -0.1) is 0 Å². The van der Waals surface area contributed by atoms with E-state index in [2.05, 4.69) is 4.74 Å². The summed E-state index contributed by atoms with van der Waals surface area (Å²) in [4.78, 5) is 16.6. The van der Waals surface area contributed by atoms with Crippen LogP contribution in [0, 0.1) is 0 Å². The minimum atomic E-state index is -0.175. The Morgan fingerprint density at radius 3 is 3.23 bits per heavy atom. The Bertz CT molecular complexity index is 195. The van der Waals surface area contributed by atoms with Gasteiger partial charge in [0.1, 0.15) is 0 Å². The van der Waals surface area contributed by atoms with E-state index in [0.717, 1.165) is 13.0 Å². The summed E-state index contributed by atoms with van der Waals surface area (Å²) < 4.78 is 4.60. The first-order valence-electron chi connectivity index (χ1n) is 4.80. The average Bonchev–Trinajstić information content (AvgIpc) is 2.63. The third-order valence-corrected chi connectivity index (χ3v) is 2.76. The number of methoxy groups -OCH3 is 1. The number of ether oxygens (including phenoxy) is 1. The predicted molar refractivity (Wildman–Crippen MR) is 45.9 cm³/mol. The van der Waals surface area contributed by atoms with Crippen molar-refractivity contribution in [3.63, 3.8) is 0 Å². The summed E-state index contributed by atoms with van der Waals surface area (Å²) in [7, 11) is 1.42. The summed E-state index contributed by atoms with van der Waals surface area (Å²) in [5, 5.41) is 2.02. The van der Waals surface area contributed by atoms with E-state index in [1.807, 2.05) is 5.06 Å². The van der Waals surface area contributed by atoms with Crippen LogP contribution in [0.25, 0.3) is 0 Å². The number of hydrogen-bond acceptors (Lipinski definition) is 4. The molecule has 0 aromatic heterocycles. The fourth-order valence-electron chi connectivity index (χ4n) is 2.11. The topological polar surface area (TPSA) is 38.8 Å². The van der Waals surface area contributed by atoms with Crippen molar-refractivity contribution < 1.29 is 14.4 Å². The molecule has 0 saturated carbocycles. The van der Waals surface area contributed by atoms with Crippen LogP contribution in [-0.2, 0) is 14.4 Å². The molecule has 0 aliphatic carbocycles. The maximum atomic E-state index is 11.0. The highest BCUT2D eigenvalue weighted by atomic mass is 16.7. The molecule has 2 fully saturated rings.